The first kappa shape index (κ1) is 73.2. The average Bonchev–Trinajstić information content (AvgIpc) is 3.45. The van der Waals surface area contributed by atoms with Gasteiger partial charge in [-0.2, -0.15) is 0 Å². The zero-order chi connectivity index (χ0) is 57.1. The van der Waals surface area contributed by atoms with E-state index in [2.05, 4.69) is 215 Å². The largest absolute Gasteiger partial charge is 0.462 e. The van der Waals surface area contributed by atoms with Gasteiger partial charge >= 0.3 is 17.9 Å². The van der Waals surface area contributed by atoms with E-state index in [4.69, 9.17) is 14.2 Å². The van der Waals surface area contributed by atoms with E-state index in [1.165, 1.54) is 0 Å². The monoisotopic (exact) mass is 1080 g/mol. The van der Waals surface area contributed by atoms with Gasteiger partial charge in [0, 0.05) is 19.3 Å². The van der Waals surface area contributed by atoms with Gasteiger partial charge in [-0.25, -0.2) is 0 Å². The highest BCUT2D eigenvalue weighted by Gasteiger charge is 2.19. The number of carbonyl (C=O) groups excluding carboxylic acids is 3. The molecule has 0 aromatic rings. The third kappa shape index (κ3) is 63.0. The van der Waals surface area contributed by atoms with Gasteiger partial charge in [0.05, 0.1) is 0 Å². The van der Waals surface area contributed by atoms with Crippen molar-refractivity contribution in [3.63, 3.8) is 0 Å². The summed E-state index contributed by atoms with van der Waals surface area (Å²) < 4.78 is 16.8. The zero-order valence-corrected chi connectivity index (χ0v) is 50.0. The minimum atomic E-state index is -0.835. The van der Waals surface area contributed by atoms with E-state index in [1.807, 2.05) is 0 Å². The van der Waals surface area contributed by atoms with Crippen LogP contribution in [0.5, 0.6) is 0 Å². The van der Waals surface area contributed by atoms with Crippen molar-refractivity contribution >= 4 is 17.9 Å². The van der Waals surface area contributed by atoms with Crippen LogP contribution >= 0.6 is 0 Å². The van der Waals surface area contributed by atoms with Crippen molar-refractivity contribution in [1.29, 1.82) is 0 Å². The van der Waals surface area contributed by atoms with Crippen LogP contribution in [0.2, 0.25) is 0 Å². The highest BCUT2D eigenvalue weighted by molar-refractivity contribution is 5.71. The van der Waals surface area contributed by atoms with Crippen LogP contribution in [0.3, 0.4) is 0 Å². The normalized spacial score (nSPS) is 13.5. The van der Waals surface area contributed by atoms with Crippen LogP contribution in [0.25, 0.3) is 0 Å². The lowest BCUT2D eigenvalue weighted by atomic mass is 10.1. The van der Waals surface area contributed by atoms with Crippen LogP contribution < -0.4 is 0 Å². The molecule has 1 atom stereocenters. The summed E-state index contributed by atoms with van der Waals surface area (Å²) in [4.78, 5) is 38.2. The molecule has 0 bridgehead atoms. The Kier molecular flexibility index (Phi) is 60.1. The van der Waals surface area contributed by atoms with Gasteiger partial charge in [0.2, 0.25) is 0 Å². The summed E-state index contributed by atoms with van der Waals surface area (Å²) in [5.74, 6) is -1.04. The number of carbonyl (C=O) groups is 3. The summed E-state index contributed by atoms with van der Waals surface area (Å²) in [6, 6.07) is 0. The summed E-state index contributed by atoms with van der Waals surface area (Å²) >= 11 is 0. The van der Waals surface area contributed by atoms with Crippen molar-refractivity contribution < 1.29 is 28.6 Å². The molecule has 0 rings (SSSR count). The molecule has 0 amide bonds. The van der Waals surface area contributed by atoms with Crippen molar-refractivity contribution in [3.8, 4) is 0 Å². The maximum atomic E-state index is 12.9. The van der Waals surface area contributed by atoms with Crippen molar-refractivity contribution in [1.82, 2.24) is 0 Å². The molecular formula is C73H110O6. The molecule has 0 aromatic heterocycles. The van der Waals surface area contributed by atoms with Crippen molar-refractivity contribution in [2.45, 2.75) is 232 Å². The summed E-state index contributed by atoms with van der Waals surface area (Å²) in [6.45, 7) is 6.19. The summed E-state index contributed by atoms with van der Waals surface area (Å²) in [5.41, 5.74) is 0. The Balaban J connectivity index is 4.54. The second-order valence-electron chi connectivity index (χ2n) is 19.5. The summed E-state index contributed by atoms with van der Waals surface area (Å²) in [6.07, 6.45) is 98.6. The minimum absolute atomic E-state index is 0.126. The first-order valence-electron chi connectivity index (χ1n) is 30.9. The number of esters is 3. The van der Waals surface area contributed by atoms with E-state index in [-0.39, 0.29) is 44.0 Å². The predicted molar refractivity (Wildman–Crippen MR) is 343 cm³/mol. The Hall–Kier alpha value is -5.75. The molecule has 0 saturated heterocycles. The fourth-order valence-corrected chi connectivity index (χ4v) is 7.57. The van der Waals surface area contributed by atoms with Crippen molar-refractivity contribution in [2.24, 2.45) is 0 Å². The van der Waals surface area contributed by atoms with E-state index in [0.717, 1.165) is 180 Å². The van der Waals surface area contributed by atoms with Crippen LogP contribution in [-0.4, -0.2) is 37.2 Å². The number of hydrogen-bond acceptors (Lipinski definition) is 6. The first-order valence-corrected chi connectivity index (χ1v) is 30.9. The van der Waals surface area contributed by atoms with Gasteiger partial charge in [-0.1, -0.05) is 247 Å². The second-order valence-corrected chi connectivity index (χ2v) is 19.5. The Morgan fingerprint density at radius 3 is 0.759 bits per heavy atom. The number of rotatable bonds is 53. The van der Waals surface area contributed by atoms with E-state index < -0.39 is 6.10 Å². The Labute approximate surface area is 484 Å². The van der Waals surface area contributed by atoms with Gasteiger partial charge in [-0.3, -0.25) is 14.4 Å². The van der Waals surface area contributed by atoms with Crippen molar-refractivity contribution in [3.05, 3.63) is 194 Å². The molecular weight excluding hydrogens is 973 g/mol. The molecule has 0 N–H and O–H groups in total. The molecule has 0 saturated carbocycles. The van der Waals surface area contributed by atoms with Crippen molar-refractivity contribution in [2.75, 3.05) is 13.2 Å². The number of hydrogen-bond donors (Lipinski definition) is 0. The standard InChI is InChI=1S/C73H110O6/c1-4-7-10-13-16-19-22-25-28-30-31-32-33-34-35-36-37-38-39-40-41-43-45-48-51-54-57-60-63-66-72(75)78-69-70(68-77-71(74)65-62-59-56-53-50-47-44-27-24-21-18-15-12-9-6-3)79-73(76)67-64-61-58-55-52-49-46-42-29-26-23-20-17-14-11-8-5-2/h7-12,16-21,25-29,31-32,34-35,37-38,40-41,44-46,48-49,54,57,70H,4-6,13-15,22-24,30,33,36,39,42-43,47,50-53,55-56,58-69H2,1-3H3/b10-7-,11-8-,12-9-,19-16-,20-17-,21-18-,28-25-,29-26-,32-31-,35-34-,38-37-,41-40-,44-27-,48-45-,49-46-,57-54-. The van der Waals surface area contributed by atoms with Gasteiger partial charge < -0.3 is 14.2 Å². The number of ether oxygens (including phenoxy) is 3. The van der Waals surface area contributed by atoms with Gasteiger partial charge in [-0.15, -0.1) is 0 Å². The molecule has 0 spiro atoms. The van der Waals surface area contributed by atoms with Crippen LogP contribution in [0.1, 0.15) is 226 Å². The van der Waals surface area contributed by atoms with Crippen LogP contribution in [-0.2, 0) is 28.6 Å². The lowest BCUT2D eigenvalue weighted by Gasteiger charge is -2.18. The van der Waals surface area contributed by atoms with Gasteiger partial charge in [-0.05, 0) is 154 Å². The van der Waals surface area contributed by atoms with Gasteiger partial charge in [0.25, 0.3) is 0 Å². The van der Waals surface area contributed by atoms with E-state index in [1.54, 1.807) is 0 Å². The molecule has 79 heavy (non-hydrogen) atoms. The van der Waals surface area contributed by atoms with Crippen LogP contribution in [0.4, 0.5) is 0 Å². The molecule has 6 heteroatoms. The minimum Gasteiger partial charge on any atom is -0.462 e. The second kappa shape index (κ2) is 64.8. The molecule has 1 unspecified atom stereocenters. The van der Waals surface area contributed by atoms with Crippen LogP contribution in [0, 0.1) is 0 Å². The van der Waals surface area contributed by atoms with E-state index in [9.17, 15) is 14.4 Å². The third-order valence-electron chi connectivity index (χ3n) is 12.1. The zero-order valence-electron chi connectivity index (χ0n) is 50.0. The SMILES string of the molecule is CC/C=C\C/C=C\C/C=C\C/C=C\C/C=C\C/C=C\C/C=C\C/C=C\C/C=C\CCCC(=O)OCC(COC(=O)CCCCCCC/C=C\C/C=C\C/C=C\CC)OC(=O)CCCCCC/C=C\C/C=C\C/C=C\C/C=C\CC. The average molecular weight is 1080 g/mol. The molecule has 0 heterocycles. The van der Waals surface area contributed by atoms with E-state index >= 15 is 0 Å². The molecule has 0 aliphatic carbocycles. The number of unbranched alkanes of at least 4 members (excludes halogenated alkanes) is 10. The lowest BCUT2D eigenvalue weighted by Crippen LogP contribution is -2.30. The highest BCUT2D eigenvalue weighted by atomic mass is 16.6. The maximum absolute atomic E-state index is 12.9. The topological polar surface area (TPSA) is 78.9 Å². The maximum Gasteiger partial charge on any atom is 0.306 e. The summed E-state index contributed by atoms with van der Waals surface area (Å²) in [5, 5.41) is 0. The molecule has 438 valence electrons. The molecule has 6 nitrogen and oxygen atoms in total. The predicted octanol–water partition coefficient (Wildman–Crippen LogP) is 21.4. The molecule has 0 aliphatic rings. The highest BCUT2D eigenvalue weighted by Crippen LogP contribution is 2.12. The Morgan fingerprint density at radius 2 is 0.468 bits per heavy atom. The summed E-state index contributed by atoms with van der Waals surface area (Å²) in [7, 11) is 0. The van der Waals surface area contributed by atoms with Crippen LogP contribution in [0.15, 0.2) is 194 Å². The Morgan fingerprint density at radius 1 is 0.253 bits per heavy atom. The van der Waals surface area contributed by atoms with Gasteiger partial charge in [0.15, 0.2) is 6.10 Å². The van der Waals surface area contributed by atoms with E-state index in [0.29, 0.717) is 12.8 Å². The lowest BCUT2D eigenvalue weighted by molar-refractivity contribution is -0.167. The quantitative estimate of drug-likeness (QED) is 0.0261. The first-order chi connectivity index (χ1) is 39.0. The molecule has 0 radical (unpaired) electrons. The molecule has 0 aromatic carbocycles. The fourth-order valence-electron chi connectivity index (χ4n) is 7.57. The smallest absolute Gasteiger partial charge is 0.306 e. The third-order valence-corrected chi connectivity index (χ3v) is 12.1. The molecule has 0 aliphatic heterocycles. The molecule has 0 fully saturated rings. The van der Waals surface area contributed by atoms with Gasteiger partial charge in [0.1, 0.15) is 13.2 Å². The fraction of sp³-hybridized carbons (Fsp3) is 0.521. The number of allylic oxidation sites excluding steroid dienone is 32. The Bertz CT molecular complexity index is 1920.